The summed E-state index contributed by atoms with van der Waals surface area (Å²) in [5.74, 6) is 0.846. The highest BCUT2D eigenvalue weighted by atomic mass is 16.6. The Hall–Kier alpha value is -3.00. The van der Waals surface area contributed by atoms with Crippen LogP contribution in [0, 0.1) is 17.0 Å². The molecule has 1 fully saturated rings. The van der Waals surface area contributed by atoms with Gasteiger partial charge in [-0.05, 0) is 31.2 Å². The number of aromatic nitrogens is 2. The zero-order valence-electron chi connectivity index (χ0n) is 14.5. The molecule has 0 unspecified atom stereocenters. The van der Waals surface area contributed by atoms with E-state index in [1.807, 2.05) is 25.1 Å². The Kier molecular flexibility index (Phi) is 4.26. The number of nitrogens with zero attached hydrogens (tertiary/aromatic N) is 5. The van der Waals surface area contributed by atoms with Gasteiger partial charge >= 0.3 is 5.69 Å². The predicted molar refractivity (Wildman–Crippen MR) is 97.1 cm³/mol. The molecule has 26 heavy (non-hydrogen) atoms. The molecule has 0 bridgehead atoms. The molecule has 134 valence electrons. The molecule has 3 aromatic rings. The number of nitro groups is 1. The van der Waals surface area contributed by atoms with E-state index in [0.717, 1.165) is 37.6 Å². The summed E-state index contributed by atoms with van der Waals surface area (Å²) in [4.78, 5) is 20.0. The Balaban J connectivity index is 1.54. The van der Waals surface area contributed by atoms with Gasteiger partial charge in [0, 0.05) is 38.4 Å². The van der Waals surface area contributed by atoms with Gasteiger partial charge in [-0.25, -0.2) is 0 Å². The van der Waals surface area contributed by atoms with Gasteiger partial charge in [0.2, 0.25) is 0 Å². The highest BCUT2D eigenvalue weighted by Crippen LogP contribution is 2.35. The van der Waals surface area contributed by atoms with E-state index in [1.54, 1.807) is 18.3 Å². The van der Waals surface area contributed by atoms with Crippen molar-refractivity contribution < 1.29 is 9.45 Å². The van der Waals surface area contributed by atoms with Crippen LogP contribution < -0.4 is 4.90 Å². The number of rotatable bonds is 4. The van der Waals surface area contributed by atoms with Gasteiger partial charge in [-0.15, -0.1) is 0 Å². The van der Waals surface area contributed by atoms with Gasteiger partial charge in [0.1, 0.15) is 5.69 Å². The fraction of sp³-hybridized carbons (Fsp3) is 0.333. The van der Waals surface area contributed by atoms with Crippen LogP contribution in [0.5, 0.6) is 0 Å². The lowest BCUT2D eigenvalue weighted by Gasteiger charge is -2.35. The third-order valence-electron chi connectivity index (χ3n) is 4.69. The standard InChI is InChI=1S/C18H19N5O3/c1-13-11-14(26-20-13)12-21-7-9-22(10-8-21)17-5-4-16-15(3-2-6-19-16)18(17)23(24)25/h2-6,11H,7-10,12H2,1H3. The highest BCUT2D eigenvalue weighted by Gasteiger charge is 2.26. The van der Waals surface area contributed by atoms with Crippen molar-refractivity contribution >= 4 is 22.3 Å². The predicted octanol–water partition coefficient (Wildman–Crippen LogP) is 2.76. The number of nitro benzene ring substituents is 1. The number of fused-ring (bicyclic) bond motifs is 1. The second-order valence-corrected chi connectivity index (χ2v) is 6.46. The van der Waals surface area contributed by atoms with Gasteiger partial charge in [0.05, 0.1) is 28.1 Å². The van der Waals surface area contributed by atoms with Crippen LogP contribution in [0.15, 0.2) is 41.1 Å². The van der Waals surface area contributed by atoms with Crippen molar-refractivity contribution in [1.29, 1.82) is 0 Å². The lowest BCUT2D eigenvalue weighted by atomic mass is 10.1. The summed E-state index contributed by atoms with van der Waals surface area (Å²) in [6.07, 6.45) is 1.65. The van der Waals surface area contributed by atoms with Crippen molar-refractivity contribution in [2.24, 2.45) is 0 Å². The first kappa shape index (κ1) is 16.5. The molecule has 0 atom stereocenters. The third-order valence-corrected chi connectivity index (χ3v) is 4.69. The largest absolute Gasteiger partial charge is 0.363 e. The number of anilines is 1. The summed E-state index contributed by atoms with van der Waals surface area (Å²) < 4.78 is 5.28. The minimum absolute atomic E-state index is 0.134. The van der Waals surface area contributed by atoms with E-state index < -0.39 is 0 Å². The van der Waals surface area contributed by atoms with E-state index in [4.69, 9.17) is 4.52 Å². The quantitative estimate of drug-likeness (QED) is 0.526. The zero-order chi connectivity index (χ0) is 18.1. The van der Waals surface area contributed by atoms with Crippen molar-refractivity contribution in [2.75, 3.05) is 31.1 Å². The minimum atomic E-state index is -0.303. The number of hydrogen-bond donors (Lipinski definition) is 0. The summed E-state index contributed by atoms with van der Waals surface area (Å²) in [6, 6.07) is 9.08. The summed E-state index contributed by atoms with van der Waals surface area (Å²) >= 11 is 0. The average Bonchev–Trinajstić information content (AvgIpc) is 3.06. The SMILES string of the molecule is Cc1cc(CN2CCN(c3ccc4ncccc4c3[N+](=O)[O-])CC2)on1. The van der Waals surface area contributed by atoms with Crippen molar-refractivity contribution in [2.45, 2.75) is 13.5 Å². The molecule has 0 amide bonds. The van der Waals surface area contributed by atoms with Crippen LogP contribution in [0.3, 0.4) is 0 Å². The maximum absolute atomic E-state index is 11.7. The third kappa shape index (κ3) is 3.11. The van der Waals surface area contributed by atoms with Gasteiger partial charge in [-0.1, -0.05) is 5.16 Å². The first-order chi connectivity index (χ1) is 12.6. The van der Waals surface area contributed by atoms with Gasteiger partial charge in [-0.3, -0.25) is 20.0 Å². The van der Waals surface area contributed by atoms with Crippen LogP contribution in [0.1, 0.15) is 11.5 Å². The zero-order valence-corrected chi connectivity index (χ0v) is 14.5. The molecule has 4 rings (SSSR count). The number of aryl methyl sites for hydroxylation is 1. The monoisotopic (exact) mass is 353 g/mol. The van der Waals surface area contributed by atoms with Crippen molar-refractivity contribution in [3.63, 3.8) is 0 Å². The molecule has 2 aromatic heterocycles. The fourth-order valence-electron chi connectivity index (χ4n) is 3.43. The fourth-order valence-corrected chi connectivity index (χ4v) is 3.43. The lowest BCUT2D eigenvalue weighted by Crippen LogP contribution is -2.46. The lowest BCUT2D eigenvalue weighted by molar-refractivity contribution is -0.382. The molecular weight excluding hydrogens is 334 g/mol. The molecule has 0 N–H and O–H groups in total. The first-order valence-corrected chi connectivity index (χ1v) is 8.53. The van der Waals surface area contributed by atoms with E-state index in [0.29, 0.717) is 23.1 Å². The second-order valence-electron chi connectivity index (χ2n) is 6.46. The Morgan fingerprint density at radius 2 is 2.04 bits per heavy atom. The average molecular weight is 353 g/mol. The smallest absolute Gasteiger partial charge is 0.301 e. The summed E-state index contributed by atoms with van der Waals surface area (Å²) in [5, 5.41) is 16.2. The highest BCUT2D eigenvalue weighted by molar-refractivity contribution is 5.94. The normalized spacial score (nSPS) is 15.5. The van der Waals surface area contributed by atoms with Crippen molar-refractivity contribution in [3.8, 4) is 0 Å². The van der Waals surface area contributed by atoms with Gasteiger partial charge in [-0.2, -0.15) is 0 Å². The summed E-state index contributed by atoms with van der Waals surface area (Å²) in [5.41, 5.74) is 2.31. The van der Waals surface area contributed by atoms with E-state index in [2.05, 4.69) is 19.9 Å². The van der Waals surface area contributed by atoms with Gasteiger partial charge in [0.25, 0.3) is 0 Å². The molecule has 0 spiro atoms. The Morgan fingerprint density at radius 1 is 1.23 bits per heavy atom. The van der Waals surface area contributed by atoms with Crippen LogP contribution in [0.2, 0.25) is 0 Å². The van der Waals surface area contributed by atoms with Crippen molar-refractivity contribution in [1.82, 2.24) is 15.0 Å². The summed E-state index contributed by atoms with van der Waals surface area (Å²) in [6.45, 7) is 5.67. The van der Waals surface area contributed by atoms with Crippen LogP contribution in [-0.4, -0.2) is 46.1 Å². The Labute approximate surface area is 150 Å². The number of hydrogen-bond acceptors (Lipinski definition) is 7. The molecule has 1 aromatic carbocycles. The number of benzene rings is 1. The molecule has 1 aliphatic rings. The molecule has 0 radical (unpaired) electrons. The van der Waals surface area contributed by atoms with E-state index in [9.17, 15) is 10.1 Å². The first-order valence-electron chi connectivity index (χ1n) is 8.53. The second kappa shape index (κ2) is 6.72. The molecule has 1 saturated heterocycles. The molecule has 3 heterocycles. The van der Waals surface area contributed by atoms with E-state index >= 15 is 0 Å². The number of pyridine rings is 1. The van der Waals surface area contributed by atoms with Crippen LogP contribution in [0.4, 0.5) is 11.4 Å². The van der Waals surface area contributed by atoms with Crippen LogP contribution in [-0.2, 0) is 6.54 Å². The molecule has 8 heteroatoms. The maximum Gasteiger partial charge on any atom is 0.301 e. The Bertz CT molecular complexity index is 947. The molecule has 0 saturated carbocycles. The number of piperazine rings is 1. The van der Waals surface area contributed by atoms with Crippen molar-refractivity contribution in [3.05, 3.63) is 58.1 Å². The minimum Gasteiger partial charge on any atom is -0.363 e. The topological polar surface area (TPSA) is 88.5 Å². The maximum atomic E-state index is 11.7. The van der Waals surface area contributed by atoms with Crippen LogP contribution >= 0.6 is 0 Å². The van der Waals surface area contributed by atoms with Gasteiger partial charge in [0.15, 0.2) is 5.76 Å². The molecular formula is C18H19N5O3. The van der Waals surface area contributed by atoms with E-state index in [-0.39, 0.29) is 10.6 Å². The van der Waals surface area contributed by atoms with E-state index in [1.165, 1.54) is 0 Å². The molecule has 1 aliphatic heterocycles. The van der Waals surface area contributed by atoms with Gasteiger partial charge < -0.3 is 9.42 Å². The summed E-state index contributed by atoms with van der Waals surface area (Å²) in [7, 11) is 0. The molecule has 0 aliphatic carbocycles. The van der Waals surface area contributed by atoms with Crippen LogP contribution in [0.25, 0.3) is 10.9 Å². The molecule has 8 nitrogen and oxygen atoms in total. The Morgan fingerprint density at radius 3 is 2.73 bits per heavy atom.